The number of hydrogen-bond acceptors (Lipinski definition) is 4. The summed E-state index contributed by atoms with van der Waals surface area (Å²) in [5.41, 5.74) is 3.42. The van der Waals surface area contributed by atoms with Gasteiger partial charge in [-0.05, 0) is 44.4 Å². The van der Waals surface area contributed by atoms with Gasteiger partial charge in [0.15, 0.2) is 0 Å². The van der Waals surface area contributed by atoms with Crippen molar-refractivity contribution in [3.8, 4) is 0 Å². The van der Waals surface area contributed by atoms with Crippen LogP contribution in [0.25, 0.3) is 0 Å². The number of aromatic nitrogens is 2. The van der Waals surface area contributed by atoms with Crippen molar-refractivity contribution in [1.29, 1.82) is 0 Å². The van der Waals surface area contributed by atoms with Crippen molar-refractivity contribution in [3.63, 3.8) is 0 Å². The summed E-state index contributed by atoms with van der Waals surface area (Å²) in [5.74, 6) is 0.544. The molecule has 1 fully saturated rings. The molecule has 2 heterocycles. The minimum absolute atomic E-state index is 0.342. The molecule has 1 saturated heterocycles. The average molecular weight is 263 g/mol. The number of ether oxygens (including phenoxy) is 1. The molecule has 0 spiro atoms. The molecule has 1 N–H and O–H groups in total. The Morgan fingerprint density at radius 3 is 2.89 bits per heavy atom. The van der Waals surface area contributed by atoms with E-state index in [9.17, 15) is 0 Å². The zero-order valence-electron chi connectivity index (χ0n) is 12.3. The van der Waals surface area contributed by atoms with E-state index in [2.05, 4.69) is 35.4 Å². The molecule has 1 aromatic rings. The van der Waals surface area contributed by atoms with Crippen LogP contribution in [0.15, 0.2) is 6.07 Å². The van der Waals surface area contributed by atoms with Crippen molar-refractivity contribution in [2.24, 2.45) is 5.92 Å². The molecule has 0 aromatic carbocycles. The van der Waals surface area contributed by atoms with Gasteiger partial charge in [-0.15, -0.1) is 0 Å². The van der Waals surface area contributed by atoms with E-state index in [4.69, 9.17) is 4.74 Å². The molecule has 0 saturated carbocycles. The van der Waals surface area contributed by atoms with Crippen molar-refractivity contribution in [2.75, 3.05) is 19.8 Å². The largest absolute Gasteiger partial charge is 0.381 e. The van der Waals surface area contributed by atoms with Crippen LogP contribution in [0.2, 0.25) is 0 Å². The highest BCUT2D eigenvalue weighted by Gasteiger charge is 2.27. The molecular formula is C15H25N3O. The third-order valence-corrected chi connectivity index (χ3v) is 3.79. The van der Waals surface area contributed by atoms with Gasteiger partial charge >= 0.3 is 0 Å². The quantitative estimate of drug-likeness (QED) is 0.886. The zero-order valence-corrected chi connectivity index (χ0v) is 12.3. The van der Waals surface area contributed by atoms with Gasteiger partial charge in [-0.3, -0.25) is 0 Å². The highest BCUT2D eigenvalue weighted by atomic mass is 16.5. The molecule has 2 rings (SSSR count). The molecule has 1 aliphatic rings. The van der Waals surface area contributed by atoms with Crippen LogP contribution in [0, 0.1) is 12.8 Å². The van der Waals surface area contributed by atoms with Gasteiger partial charge in [-0.1, -0.05) is 13.8 Å². The highest BCUT2D eigenvalue weighted by molar-refractivity contribution is 5.25. The fourth-order valence-electron chi connectivity index (χ4n) is 2.86. The lowest BCUT2D eigenvalue weighted by molar-refractivity contribution is 0.0390. The van der Waals surface area contributed by atoms with E-state index in [0.29, 0.717) is 12.0 Å². The van der Waals surface area contributed by atoms with Crippen LogP contribution in [-0.4, -0.2) is 30.0 Å². The van der Waals surface area contributed by atoms with E-state index in [-0.39, 0.29) is 0 Å². The third kappa shape index (κ3) is 3.51. The maximum atomic E-state index is 5.66. The molecule has 0 radical (unpaired) electrons. The van der Waals surface area contributed by atoms with Crippen LogP contribution in [0.4, 0.5) is 0 Å². The number of aryl methyl sites for hydroxylation is 2. The summed E-state index contributed by atoms with van der Waals surface area (Å²) in [6, 6.07) is 2.53. The predicted octanol–water partition coefficient (Wildman–Crippen LogP) is 2.42. The van der Waals surface area contributed by atoms with E-state index in [1.807, 2.05) is 6.92 Å². The smallest absolute Gasteiger partial charge is 0.0676 e. The minimum Gasteiger partial charge on any atom is -0.381 e. The van der Waals surface area contributed by atoms with Crippen LogP contribution >= 0.6 is 0 Å². The molecule has 4 heteroatoms. The summed E-state index contributed by atoms with van der Waals surface area (Å²) >= 11 is 0. The van der Waals surface area contributed by atoms with Crippen molar-refractivity contribution < 1.29 is 4.74 Å². The lowest BCUT2D eigenvalue weighted by Gasteiger charge is -2.32. The minimum atomic E-state index is 0.342. The van der Waals surface area contributed by atoms with Crippen molar-refractivity contribution >= 4 is 0 Å². The van der Waals surface area contributed by atoms with Crippen LogP contribution in [0.1, 0.15) is 49.7 Å². The van der Waals surface area contributed by atoms with Gasteiger partial charge in [-0.25, -0.2) is 0 Å². The Hall–Kier alpha value is -1.00. The molecule has 0 aliphatic carbocycles. The Morgan fingerprint density at radius 2 is 2.26 bits per heavy atom. The monoisotopic (exact) mass is 263 g/mol. The van der Waals surface area contributed by atoms with E-state index in [1.165, 1.54) is 12.0 Å². The Kier molecular flexibility index (Phi) is 5.28. The molecular weight excluding hydrogens is 238 g/mol. The number of nitrogens with zero attached hydrogens (tertiary/aromatic N) is 2. The normalized spacial score (nSPS) is 21.3. The van der Waals surface area contributed by atoms with Crippen LogP contribution in [-0.2, 0) is 11.2 Å². The van der Waals surface area contributed by atoms with E-state index in [1.54, 1.807) is 0 Å². The fraction of sp³-hybridized carbons (Fsp3) is 0.733. The fourth-order valence-corrected chi connectivity index (χ4v) is 2.86. The lowest BCUT2D eigenvalue weighted by Crippen LogP contribution is -2.34. The second kappa shape index (κ2) is 6.96. The number of nitrogens with one attached hydrogen (secondary N) is 1. The summed E-state index contributed by atoms with van der Waals surface area (Å²) in [5, 5.41) is 12.2. The van der Waals surface area contributed by atoms with Gasteiger partial charge < -0.3 is 10.1 Å². The van der Waals surface area contributed by atoms with Crippen LogP contribution in [0.3, 0.4) is 0 Å². The first-order valence-electron chi connectivity index (χ1n) is 7.40. The summed E-state index contributed by atoms with van der Waals surface area (Å²) in [6.45, 7) is 9.03. The maximum Gasteiger partial charge on any atom is 0.0676 e. The SMILES string of the molecule is CCNC(c1cc(C)nnc1CC)C1CCCOC1. The molecule has 4 nitrogen and oxygen atoms in total. The second-order valence-electron chi connectivity index (χ2n) is 5.25. The van der Waals surface area contributed by atoms with Crippen molar-refractivity contribution in [3.05, 3.63) is 23.0 Å². The second-order valence-corrected chi connectivity index (χ2v) is 5.25. The highest BCUT2D eigenvalue weighted by Crippen LogP contribution is 2.30. The molecule has 106 valence electrons. The Morgan fingerprint density at radius 1 is 1.42 bits per heavy atom. The van der Waals surface area contributed by atoms with Crippen LogP contribution in [0.5, 0.6) is 0 Å². The van der Waals surface area contributed by atoms with Gasteiger partial charge in [0.1, 0.15) is 0 Å². The summed E-state index contributed by atoms with van der Waals surface area (Å²) in [6.07, 6.45) is 3.31. The van der Waals surface area contributed by atoms with Gasteiger partial charge in [0.25, 0.3) is 0 Å². The molecule has 19 heavy (non-hydrogen) atoms. The topological polar surface area (TPSA) is 47.0 Å². The van der Waals surface area contributed by atoms with E-state index < -0.39 is 0 Å². The third-order valence-electron chi connectivity index (χ3n) is 3.79. The molecule has 1 aromatic heterocycles. The Labute approximate surface area is 116 Å². The standard InChI is InChI=1S/C15H25N3O/c1-4-14-13(9-11(3)17-18-14)15(16-5-2)12-7-6-8-19-10-12/h9,12,15-16H,4-8,10H2,1-3H3. The van der Waals surface area contributed by atoms with Crippen molar-refractivity contribution in [2.45, 2.75) is 46.1 Å². The van der Waals surface area contributed by atoms with Crippen LogP contribution < -0.4 is 5.32 Å². The molecule has 0 bridgehead atoms. The van der Waals surface area contributed by atoms with E-state index >= 15 is 0 Å². The molecule has 0 amide bonds. The van der Waals surface area contributed by atoms with Crippen molar-refractivity contribution in [1.82, 2.24) is 15.5 Å². The first-order valence-corrected chi connectivity index (χ1v) is 7.40. The van der Waals surface area contributed by atoms with Gasteiger partial charge in [0.05, 0.1) is 18.0 Å². The zero-order chi connectivity index (χ0) is 13.7. The molecule has 1 aliphatic heterocycles. The maximum absolute atomic E-state index is 5.66. The lowest BCUT2D eigenvalue weighted by atomic mass is 9.87. The van der Waals surface area contributed by atoms with E-state index in [0.717, 1.165) is 44.0 Å². The summed E-state index contributed by atoms with van der Waals surface area (Å²) < 4.78 is 5.66. The van der Waals surface area contributed by atoms with Gasteiger partial charge in [-0.2, -0.15) is 10.2 Å². The van der Waals surface area contributed by atoms with Gasteiger partial charge in [0.2, 0.25) is 0 Å². The Bertz CT molecular complexity index is 402. The molecule has 2 unspecified atom stereocenters. The first kappa shape index (κ1) is 14.4. The average Bonchev–Trinajstić information content (AvgIpc) is 2.45. The summed E-state index contributed by atoms with van der Waals surface area (Å²) in [7, 11) is 0. The predicted molar refractivity (Wildman–Crippen MR) is 76.1 cm³/mol. The number of hydrogen-bond donors (Lipinski definition) is 1. The number of rotatable bonds is 5. The van der Waals surface area contributed by atoms with Gasteiger partial charge in [0, 0.05) is 18.6 Å². The molecule has 2 atom stereocenters. The summed E-state index contributed by atoms with van der Waals surface area (Å²) in [4.78, 5) is 0. The first-order chi connectivity index (χ1) is 9.26. The Balaban J connectivity index is 2.28.